The number of rotatable bonds is 5. The fraction of sp³-hybridized carbons (Fsp3) is 0.529. The van der Waals surface area contributed by atoms with Crippen LogP contribution < -0.4 is 16.0 Å². The molecule has 158 valence electrons. The number of alkyl halides is 3. The van der Waals surface area contributed by atoms with Gasteiger partial charge in [-0.15, -0.1) is 11.3 Å². The van der Waals surface area contributed by atoms with Gasteiger partial charge in [0.2, 0.25) is 17.8 Å². The maximum Gasteiger partial charge on any atom is 0.397 e. The molecule has 0 atom stereocenters. The van der Waals surface area contributed by atoms with E-state index in [1.807, 2.05) is 17.9 Å². The molecule has 2 aromatic heterocycles. The van der Waals surface area contributed by atoms with Crippen molar-refractivity contribution in [3.63, 3.8) is 0 Å². The van der Waals surface area contributed by atoms with Crippen LogP contribution in [0.25, 0.3) is 10.2 Å². The molecule has 1 saturated heterocycles. The fourth-order valence-corrected chi connectivity index (χ4v) is 4.02. The number of fused-ring (bicyclic) bond motifs is 1. The molecule has 2 aromatic rings. The summed E-state index contributed by atoms with van der Waals surface area (Å²) in [4.78, 5) is 37.2. The molecular formula is C17H21F3N6O2S. The van der Waals surface area contributed by atoms with Gasteiger partial charge in [0.1, 0.15) is 17.1 Å². The minimum atomic E-state index is -4.52. The van der Waals surface area contributed by atoms with Gasteiger partial charge >= 0.3 is 6.18 Å². The maximum absolute atomic E-state index is 12.5. The molecule has 1 aliphatic heterocycles. The SMILES string of the molecule is CCc1cc2c(N3CCN(C(=O)CC(F)(F)F)CC3)nc(NC(=O)CN)nc2s1. The van der Waals surface area contributed by atoms with E-state index in [1.165, 1.54) is 16.2 Å². The predicted molar refractivity (Wildman–Crippen MR) is 104 cm³/mol. The third-order valence-electron chi connectivity index (χ3n) is 4.49. The van der Waals surface area contributed by atoms with Gasteiger partial charge in [0, 0.05) is 31.1 Å². The van der Waals surface area contributed by atoms with Gasteiger partial charge < -0.3 is 15.5 Å². The second-order valence-corrected chi connectivity index (χ2v) is 7.68. The van der Waals surface area contributed by atoms with Crippen molar-refractivity contribution in [3.05, 3.63) is 10.9 Å². The maximum atomic E-state index is 12.5. The Balaban J connectivity index is 1.82. The fourth-order valence-electron chi connectivity index (χ4n) is 3.05. The van der Waals surface area contributed by atoms with Crippen molar-refractivity contribution < 1.29 is 22.8 Å². The lowest BCUT2D eigenvalue weighted by Crippen LogP contribution is -2.49. The second kappa shape index (κ2) is 8.49. The summed E-state index contributed by atoms with van der Waals surface area (Å²) in [6, 6.07) is 1.98. The summed E-state index contributed by atoms with van der Waals surface area (Å²) < 4.78 is 37.4. The number of halogens is 3. The molecular weight excluding hydrogens is 409 g/mol. The van der Waals surface area contributed by atoms with Crippen molar-refractivity contribution in [2.45, 2.75) is 25.9 Å². The van der Waals surface area contributed by atoms with Gasteiger partial charge in [0.05, 0.1) is 11.9 Å². The Morgan fingerprint density at radius 3 is 2.52 bits per heavy atom. The van der Waals surface area contributed by atoms with E-state index in [-0.39, 0.29) is 25.6 Å². The molecule has 29 heavy (non-hydrogen) atoms. The van der Waals surface area contributed by atoms with Crippen molar-refractivity contribution >= 4 is 45.1 Å². The molecule has 2 amide bonds. The number of aryl methyl sites for hydroxylation is 1. The number of carbonyl (C=O) groups excluding carboxylic acids is 2. The Bertz CT molecular complexity index is 908. The molecule has 0 aromatic carbocycles. The molecule has 0 aliphatic carbocycles. The third-order valence-corrected chi connectivity index (χ3v) is 5.67. The Kier molecular flexibility index (Phi) is 6.22. The standard InChI is InChI=1S/C17H21F3N6O2S/c1-2-10-7-11-14(23-16(22-12(27)9-21)24-15(11)29-10)26-5-3-25(4-6-26)13(28)8-17(18,19)20/h7H,2-6,8-9,21H2,1H3,(H,22,23,24,27). The first kappa shape index (κ1) is 21.2. The van der Waals surface area contributed by atoms with Crippen molar-refractivity contribution in [1.29, 1.82) is 0 Å². The molecule has 8 nitrogen and oxygen atoms in total. The average molecular weight is 430 g/mol. The lowest BCUT2D eigenvalue weighted by atomic mass is 10.2. The lowest BCUT2D eigenvalue weighted by molar-refractivity contribution is -0.161. The van der Waals surface area contributed by atoms with Gasteiger partial charge in [-0.25, -0.2) is 4.98 Å². The monoisotopic (exact) mass is 430 g/mol. The summed E-state index contributed by atoms with van der Waals surface area (Å²) in [5, 5.41) is 3.36. The summed E-state index contributed by atoms with van der Waals surface area (Å²) in [6.45, 7) is 2.79. The van der Waals surface area contributed by atoms with Crippen LogP contribution in [0.5, 0.6) is 0 Å². The Morgan fingerprint density at radius 1 is 1.24 bits per heavy atom. The van der Waals surface area contributed by atoms with E-state index in [9.17, 15) is 22.8 Å². The molecule has 0 unspecified atom stereocenters. The lowest BCUT2D eigenvalue weighted by Gasteiger charge is -2.35. The number of nitrogens with two attached hydrogens (primary N) is 1. The molecule has 3 rings (SSSR count). The summed E-state index contributed by atoms with van der Waals surface area (Å²) in [6.07, 6.45) is -5.16. The van der Waals surface area contributed by atoms with E-state index in [1.54, 1.807) is 0 Å². The number of hydrogen-bond acceptors (Lipinski definition) is 7. The molecule has 0 bridgehead atoms. The third kappa shape index (κ3) is 5.12. The Morgan fingerprint density at radius 2 is 1.93 bits per heavy atom. The minimum absolute atomic E-state index is 0.128. The number of amides is 2. The molecule has 1 aliphatic rings. The highest BCUT2D eigenvalue weighted by Crippen LogP contribution is 2.33. The first-order chi connectivity index (χ1) is 13.7. The van der Waals surface area contributed by atoms with Crippen molar-refractivity contribution in [2.24, 2.45) is 5.73 Å². The number of hydrogen-bond donors (Lipinski definition) is 2. The number of thiophene rings is 1. The second-order valence-electron chi connectivity index (χ2n) is 6.57. The molecule has 1 fully saturated rings. The van der Waals surface area contributed by atoms with Gasteiger partial charge in [0.15, 0.2) is 0 Å². The van der Waals surface area contributed by atoms with Crippen LogP contribution in [0.4, 0.5) is 24.9 Å². The highest BCUT2D eigenvalue weighted by Gasteiger charge is 2.34. The number of carbonyl (C=O) groups is 2. The van der Waals surface area contributed by atoms with Gasteiger partial charge in [-0.2, -0.15) is 18.2 Å². The molecule has 3 heterocycles. The van der Waals surface area contributed by atoms with Crippen LogP contribution >= 0.6 is 11.3 Å². The zero-order valence-electron chi connectivity index (χ0n) is 15.8. The largest absolute Gasteiger partial charge is 0.397 e. The summed E-state index contributed by atoms with van der Waals surface area (Å²) >= 11 is 1.49. The van der Waals surface area contributed by atoms with E-state index < -0.39 is 24.4 Å². The first-order valence-electron chi connectivity index (χ1n) is 9.10. The Labute approximate surface area is 168 Å². The van der Waals surface area contributed by atoms with Crippen LogP contribution in [0.2, 0.25) is 0 Å². The number of anilines is 2. The van der Waals surface area contributed by atoms with Crippen LogP contribution in [0.1, 0.15) is 18.2 Å². The number of aromatic nitrogens is 2. The van der Waals surface area contributed by atoms with Gasteiger partial charge in [-0.05, 0) is 12.5 Å². The Hall–Kier alpha value is -2.47. The van der Waals surface area contributed by atoms with E-state index in [4.69, 9.17) is 5.73 Å². The average Bonchev–Trinajstić information content (AvgIpc) is 3.09. The summed E-state index contributed by atoms with van der Waals surface area (Å²) in [7, 11) is 0. The van der Waals surface area contributed by atoms with Gasteiger partial charge in [0.25, 0.3) is 0 Å². The normalized spacial score (nSPS) is 15.1. The molecule has 12 heteroatoms. The quantitative estimate of drug-likeness (QED) is 0.749. The van der Waals surface area contributed by atoms with E-state index >= 15 is 0 Å². The van der Waals surface area contributed by atoms with Crippen LogP contribution in [0, 0.1) is 0 Å². The number of nitrogens with zero attached hydrogens (tertiary/aromatic N) is 4. The van der Waals surface area contributed by atoms with E-state index in [2.05, 4.69) is 15.3 Å². The molecule has 0 saturated carbocycles. The van der Waals surface area contributed by atoms with Gasteiger partial charge in [-0.1, -0.05) is 6.92 Å². The first-order valence-corrected chi connectivity index (χ1v) is 9.91. The van der Waals surface area contributed by atoms with Crippen molar-refractivity contribution in [2.75, 3.05) is 42.9 Å². The minimum Gasteiger partial charge on any atom is -0.352 e. The number of nitrogens with one attached hydrogen (secondary N) is 1. The van der Waals surface area contributed by atoms with Crippen LogP contribution in [0.3, 0.4) is 0 Å². The number of piperazine rings is 1. The summed E-state index contributed by atoms with van der Waals surface area (Å²) in [5.41, 5.74) is 5.33. The van der Waals surface area contributed by atoms with Crippen LogP contribution in [-0.2, 0) is 16.0 Å². The van der Waals surface area contributed by atoms with Crippen LogP contribution in [0.15, 0.2) is 6.07 Å². The highest BCUT2D eigenvalue weighted by atomic mass is 32.1. The summed E-state index contributed by atoms with van der Waals surface area (Å²) in [5.74, 6) is -0.640. The molecule has 0 radical (unpaired) electrons. The zero-order chi connectivity index (χ0) is 21.2. The molecule has 0 spiro atoms. The topological polar surface area (TPSA) is 104 Å². The predicted octanol–water partition coefficient (Wildman–Crippen LogP) is 1.75. The van der Waals surface area contributed by atoms with E-state index in [0.29, 0.717) is 23.7 Å². The smallest absolute Gasteiger partial charge is 0.352 e. The van der Waals surface area contributed by atoms with Gasteiger partial charge in [-0.3, -0.25) is 14.9 Å². The van der Waals surface area contributed by atoms with E-state index in [0.717, 1.165) is 16.7 Å². The van der Waals surface area contributed by atoms with Crippen molar-refractivity contribution in [1.82, 2.24) is 14.9 Å². The molecule has 3 N–H and O–H groups in total. The zero-order valence-corrected chi connectivity index (χ0v) is 16.6. The van der Waals surface area contributed by atoms with Crippen LogP contribution in [-0.4, -0.2) is 65.6 Å². The highest BCUT2D eigenvalue weighted by molar-refractivity contribution is 7.18. The van der Waals surface area contributed by atoms with Crippen molar-refractivity contribution in [3.8, 4) is 0 Å².